The van der Waals surface area contributed by atoms with Gasteiger partial charge < -0.3 is 10.6 Å². The fourth-order valence-corrected chi connectivity index (χ4v) is 4.72. The maximum Gasteiger partial charge on any atom is 0.236 e. The summed E-state index contributed by atoms with van der Waals surface area (Å²) in [7, 11) is 0. The van der Waals surface area contributed by atoms with Gasteiger partial charge in [-0.25, -0.2) is 4.98 Å². The van der Waals surface area contributed by atoms with E-state index in [0.29, 0.717) is 21.6 Å². The van der Waals surface area contributed by atoms with Crippen LogP contribution in [0.3, 0.4) is 0 Å². The number of hydrogen-bond acceptors (Lipinski definition) is 8. The predicted octanol–water partition coefficient (Wildman–Crippen LogP) is 5.00. The normalized spacial score (nSPS) is 10.8. The maximum atomic E-state index is 12.1. The van der Waals surface area contributed by atoms with Gasteiger partial charge >= 0.3 is 0 Å². The number of carbonyl (C=O) groups is 1. The summed E-state index contributed by atoms with van der Waals surface area (Å²) in [5.41, 5.74) is 0.603. The molecule has 2 N–H and O–H groups in total. The Morgan fingerprint density at radius 1 is 1.30 bits per heavy atom. The van der Waals surface area contributed by atoms with Crippen LogP contribution < -0.4 is 10.6 Å². The summed E-state index contributed by atoms with van der Waals surface area (Å²) in [4.78, 5) is 17.6. The molecule has 0 saturated heterocycles. The molecule has 0 bridgehead atoms. The average Bonchev–Trinajstić information content (AvgIpc) is 3.30. The Balaban J connectivity index is 1.45. The molecule has 0 aliphatic rings. The second-order valence-electron chi connectivity index (χ2n) is 5.35. The predicted molar refractivity (Wildman–Crippen MR) is 115 cm³/mol. The Hall–Kier alpha value is -1.39. The van der Waals surface area contributed by atoms with E-state index in [-0.39, 0.29) is 11.7 Å². The molecule has 3 aromatic heterocycles. The number of pyridine rings is 1. The summed E-state index contributed by atoms with van der Waals surface area (Å²) in [6, 6.07) is 5.71. The molecule has 0 atom stereocenters. The molecule has 0 aliphatic heterocycles. The van der Waals surface area contributed by atoms with Crippen LogP contribution in [0, 0.1) is 6.92 Å². The van der Waals surface area contributed by atoms with Crippen molar-refractivity contribution < 1.29 is 4.79 Å². The lowest BCUT2D eigenvalue weighted by molar-refractivity contribution is -0.113. The number of halogens is 2. The maximum absolute atomic E-state index is 12.1. The monoisotopic (exact) mass is 459 g/mol. The Kier molecular flexibility index (Phi) is 7.31. The van der Waals surface area contributed by atoms with Gasteiger partial charge in [-0.3, -0.25) is 4.79 Å². The third-order valence-electron chi connectivity index (χ3n) is 3.32. The van der Waals surface area contributed by atoms with E-state index in [1.54, 1.807) is 24.3 Å². The van der Waals surface area contributed by atoms with E-state index in [4.69, 9.17) is 23.2 Å². The number of aromatic nitrogens is 3. The lowest BCUT2D eigenvalue weighted by atomic mass is 10.3. The minimum atomic E-state index is -0.224. The number of aryl methyl sites for hydroxylation is 1. The van der Waals surface area contributed by atoms with Crippen LogP contribution in [0.5, 0.6) is 0 Å². The van der Waals surface area contributed by atoms with Gasteiger partial charge in [-0.1, -0.05) is 52.4 Å². The SMILES string of the molecule is Cc1nc(NC(=O)CSc2nnc(NCCc3cccs3)s2)c(Cl)cc1Cl. The minimum Gasteiger partial charge on any atom is -0.360 e. The topological polar surface area (TPSA) is 79.8 Å². The van der Waals surface area contributed by atoms with Gasteiger partial charge in [-0.05, 0) is 30.9 Å². The van der Waals surface area contributed by atoms with Crippen molar-refractivity contribution in [3.8, 4) is 0 Å². The number of thiophene rings is 1. The number of nitrogens with zero attached hydrogens (tertiary/aromatic N) is 3. The van der Waals surface area contributed by atoms with Crippen molar-refractivity contribution in [3.63, 3.8) is 0 Å². The average molecular weight is 460 g/mol. The number of rotatable bonds is 8. The molecule has 27 heavy (non-hydrogen) atoms. The Labute approximate surface area is 178 Å². The van der Waals surface area contributed by atoms with Crippen molar-refractivity contribution in [2.24, 2.45) is 0 Å². The van der Waals surface area contributed by atoms with E-state index in [1.165, 1.54) is 28.0 Å². The van der Waals surface area contributed by atoms with Crippen LogP contribution in [0.4, 0.5) is 10.9 Å². The van der Waals surface area contributed by atoms with E-state index in [9.17, 15) is 4.79 Å². The third kappa shape index (κ3) is 6.05. The van der Waals surface area contributed by atoms with Gasteiger partial charge in [0, 0.05) is 11.4 Å². The van der Waals surface area contributed by atoms with E-state index in [0.717, 1.165) is 22.4 Å². The van der Waals surface area contributed by atoms with Crippen LogP contribution in [0.25, 0.3) is 0 Å². The quantitative estimate of drug-likeness (QED) is 0.461. The van der Waals surface area contributed by atoms with Crippen molar-refractivity contribution in [1.29, 1.82) is 0 Å². The zero-order valence-electron chi connectivity index (χ0n) is 14.2. The van der Waals surface area contributed by atoms with E-state index in [2.05, 4.69) is 37.3 Å². The van der Waals surface area contributed by atoms with Crippen LogP contribution in [-0.4, -0.2) is 33.4 Å². The second kappa shape index (κ2) is 9.70. The Bertz CT molecular complexity index is 917. The molecule has 6 nitrogen and oxygen atoms in total. The molecule has 0 aromatic carbocycles. The Morgan fingerprint density at radius 3 is 2.93 bits per heavy atom. The summed E-state index contributed by atoms with van der Waals surface area (Å²) < 4.78 is 0.718. The number of nitrogens with one attached hydrogen (secondary N) is 2. The highest BCUT2D eigenvalue weighted by molar-refractivity contribution is 8.01. The largest absolute Gasteiger partial charge is 0.360 e. The van der Waals surface area contributed by atoms with Gasteiger partial charge in [0.1, 0.15) is 0 Å². The van der Waals surface area contributed by atoms with Crippen LogP contribution in [-0.2, 0) is 11.2 Å². The van der Waals surface area contributed by atoms with E-state index >= 15 is 0 Å². The smallest absolute Gasteiger partial charge is 0.236 e. The van der Waals surface area contributed by atoms with E-state index in [1.807, 2.05) is 6.07 Å². The van der Waals surface area contributed by atoms with Crippen molar-refractivity contribution in [1.82, 2.24) is 15.2 Å². The zero-order chi connectivity index (χ0) is 19.2. The standard InChI is InChI=1S/C16H15Cl2N5OS3/c1-9-11(17)7-12(18)14(20-9)21-13(24)8-26-16-23-22-15(27-16)19-5-4-10-3-2-6-25-10/h2-3,6-7H,4-5,8H2,1H3,(H,19,22)(H,20,21,24). The summed E-state index contributed by atoms with van der Waals surface area (Å²) in [5, 5.41) is 17.7. The second-order valence-corrected chi connectivity index (χ2v) is 9.40. The van der Waals surface area contributed by atoms with Gasteiger partial charge in [-0.2, -0.15) is 0 Å². The molecule has 0 spiro atoms. The highest BCUT2D eigenvalue weighted by Gasteiger charge is 2.12. The van der Waals surface area contributed by atoms with E-state index < -0.39 is 0 Å². The third-order valence-corrected chi connectivity index (χ3v) is 6.94. The molecule has 3 rings (SSSR count). The van der Waals surface area contributed by atoms with Crippen LogP contribution in [0.2, 0.25) is 10.0 Å². The van der Waals surface area contributed by atoms with Crippen molar-refractivity contribution >= 4 is 74.5 Å². The van der Waals surface area contributed by atoms with Crippen molar-refractivity contribution in [3.05, 3.63) is 44.2 Å². The molecule has 3 aromatic rings. The summed E-state index contributed by atoms with van der Waals surface area (Å²) >= 11 is 16.5. The number of anilines is 2. The van der Waals surface area contributed by atoms with Crippen molar-refractivity contribution in [2.45, 2.75) is 17.7 Å². The molecule has 0 aliphatic carbocycles. The van der Waals surface area contributed by atoms with Gasteiger partial charge in [0.15, 0.2) is 10.2 Å². The minimum absolute atomic E-state index is 0.184. The highest BCUT2D eigenvalue weighted by atomic mass is 35.5. The first-order valence-electron chi connectivity index (χ1n) is 7.86. The van der Waals surface area contributed by atoms with Gasteiger partial charge in [0.25, 0.3) is 0 Å². The number of amides is 1. The first kappa shape index (κ1) is 20.3. The Morgan fingerprint density at radius 2 is 2.15 bits per heavy atom. The fraction of sp³-hybridized carbons (Fsp3) is 0.250. The van der Waals surface area contributed by atoms with Crippen LogP contribution in [0.15, 0.2) is 27.9 Å². The molecular formula is C16H15Cl2N5OS3. The van der Waals surface area contributed by atoms with Crippen LogP contribution >= 0.6 is 57.6 Å². The molecule has 3 heterocycles. The molecule has 1 amide bonds. The lowest BCUT2D eigenvalue weighted by Gasteiger charge is -2.07. The molecule has 142 valence electrons. The summed E-state index contributed by atoms with van der Waals surface area (Å²) in [6.45, 7) is 2.54. The molecular weight excluding hydrogens is 445 g/mol. The molecule has 0 radical (unpaired) electrons. The van der Waals surface area contributed by atoms with Gasteiger partial charge in [0.05, 0.1) is 21.5 Å². The molecule has 0 saturated carbocycles. The van der Waals surface area contributed by atoms with Gasteiger partial charge in [0.2, 0.25) is 11.0 Å². The van der Waals surface area contributed by atoms with Crippen molar-refractivity contribution in [2.75, 3.05) is 22.9 Å². The lowest BCUT2D eigenvalue weighted by Crippen LogP contribution is -2.15. The molecule has 11 heteroatoms. The summed E-state index contributed by atoms with van der Waals surface area (Å²) in [6.07, 6.45) is 0.941. The number of carbonyl (C=O) groups excluding carboxylic acids is 1. The molecule has 0 unspecified atom stereocenters. The highest BCUT2D eigenvalue weighted by Crippen LogP contribution is 2.27. The number of thioether (sulfide) groups is 1. The molecule has 0 fully saturated rings. The van der Waals surface area contributed by atoms with Crippen LogP contribution in [0.1, 0.15) is 10.6 Å². The zero-order valence-corrected chi connectivity index (χ0v) is 18.1. The number of hydrogen-bond donors (Lipinski definition) is 2. The summed E-state index contributed by atoms with van der Waals surface area (Å²) in [5.74, 6) is 0.264. The first-order chi connectivity index (χ1) is 13.0. The first-order valence-corrected chi connectivity index (χ1v) is 11.3. The fourth-order valence-electron chi connectivity index (χ4n) is 2.03. The van der Waals surface area contributed by atoms with Gasteiger partial charge in [-0.15, -0.1) is 21.5 Å².